The zero-order valence-electron chi connectivity index (χ0n) is 11.3. The predicted molar refractivity (Wildman–Crippen MR) is 89.4 cm³/mol. The molecule has 0 amide bonds. The van der Waals surface area contributed by atoms with Crippen LogP contribution in [0.25, 0.3) is 11.1 Å². The monoisotopic (exact) mass is 365 g/mol. The molecular formula is C15H12Cl4FN. The van der Waals surface area contributed by atoms with Gasteiger partial charge in [0.2, 0.25) is 0 Å². The van der Waals surface area contributed by atoms with E-state index in [2.05, 4.69) is 5.32 Å². The van der Waals surface area contributed by atoms with E-state index >= 15 is 0 Å². The first kappa shape index (κ1) is 16.9. The van der Waals surface area contributed by atoms with Crippen LogP contribution in [0.1, 0.15) is 18.5 Å². The summed E-state index contributed by atoms with van der Waals surface area (Å²) < 4.78 is 14.2. The number of benzene rings is 2. The first-order chi connectivity index (χ1) is 9.86. The van der Waals surface area contributed by atoms with E-state index < -0.39 is 5.82 Å². The average Bonchev–Trinajstić information content (AvgIpc) is 2.46. The van der Waals surface area contributed by atoms with Gasteiger partial charge in [-0.3, -0.25) is 0 Å². The Hall–Kier alpha value is -0.510. The molecule has 112 valence electrons. The Kier molecular flexibility index (Phi) is 5.39. The molecule has 1 nitrogen and oxygen atoms in total. The average molecular weight is 367 g/mol. The van der Waals surface area contributed by atoms with Crippen molar-refractivity contribution >= 4 is 46.4 Å². The third-order valence-electron chi connectivity index (χ3n) is 3.31. The van der Waals surface area contributed by atoms with Crippen LogP contribution in [0.5, 0.6) is 0 Å². The lowest BCUT2D eigenvalue weighted by molar-refractivity contribution is 0.622. The molecule has 0 bridgehead atoms. The highest BCUT2D eigenvalue weighted by molar-refractivity contribution is 6.51. The summed E-state index contributed by atoms with van der Waals surface area (Å²) in [6.45, 7) is 1.97. The van der Waals surface area contributed by atoms with Gasteiger partial charge in [0, 0.05) is 17.2 Å². The van der Waals surface area contributed by atoms with Crippen LogP contribution >= 0.6 is 46.4 Å². The second kappa shape index (κ2) is 6.72. The molecule has 0 aliphatic heterocycles. The van der Waals surface area contributed by atoms with Gasteiger partial charge in [0.05, 0.1) is 20.1 Å². The van der Waals surface area contributed by atoms with Gasteiger partial charge in [-0.05, 0) is 37.7 Å². The molecule has 1 unspecified atom stereocenters. The van der Waals surface area contributed by atoms with E-state index in [0.717, 1.165) is 5.56 Å². The quantitative estimate of drug-likeness (QED) is 0.490. The van der Waals surface area contributed by atoms with Gasteiger partial charge in [-0.1, -0.05) is 52.5 Å². The van der Waals surface area contributed by atoms with Crippen LogP contribution in [0.3, 0.4) is 0 Å². The van der Waals surface area contributed by atoms with Gasteiger partial charge in [0.15, 0.2) is 0 Å². The molecule has 0 spiro atoms. The molecule has 0 aromatic heterocycles. The van der Waals surface area contributed by atoms with Gasteiger partial charge in [-0.15, -0.1) is 0 Å². The van der Waals surface area contributed by atoms with Crippen molar-refractivity contribution in [2.75, 3.05) is 7.05 Å². The Balaban J connectivity index is 2.70. The van der Waals surface area contributed by atoms with E-state index in [-0.39, 0.29) is 26.1 Å². The standard InChI is InChI=1S/C15H12Cl4FN/c1-7(21-2)8-3-4-12(20)9(5-8)13-10(16)6-11(17)14(18)15(13)19/h3-7,21H,1-2H3. The highest BCUT2D eigenvalue weighted by atomic mass is 35.5. The van der Waals surface area contributed by atoms with Gasteiger partial charge in [0.25, 0.3) is 0 Å². The Morgan fingerprint density at radius 3 is 2.29 bits per heavy atom. The van der Waals surface area contributed by atoms with Crippen LogP contribution < -0.4 is 5.32 Å². The summed E-state index contributed by atoms with van der Waals surface area (Å²) in [5.41, 5.74) is 1.55. The first-order valence-corrected chi connectivity index (χ1v) is 7.68. The maximum atomic E-state index is 14.2. The van der Waals surface area contributed by atoms with E-state index in [4.69, 9.17) is 46.4 Å². The smallest absolute Gasteiger partial charge is 0.131 e. The minimum atomic E-state index is -0.427. The lowest BCUT2D eigenvalue weighted by Gasteiger charge is -2.15. The molecule has 0 heterocycles. The minimum absolute atomic E-state index is 0.0599. The van der Waals surface area contributed by atoms with Crippen LogP contribution in [-0.4, -0.2) is 7.05 Å². The summed E-state index contributed by atoms with van der Waals surface area (Å²) in [5.74, 6) is -0.427. The summed E-state index contributed by atoms with van der Waals surface area (Å²) in [5, 5.41) is 3.88. The Morgan fingerprint density at radius 1 is 1.00 bits per heavy atom. The molecule has 1 atom stereocenters. The zero-order valence-corrected chi connectivity index (χ0v) is 14.3. The molecular weight excluding hydrogens is 355 g/mol. The van der Waals surface area contributed by atoms with Crippen LogP contribution in [0.15, 0.2) is 24.3 Å². The van der Waals surface area contributed by atoms with Crippen LogP contribution in [0.2, 0.25) is 20.1 Å². The van der Waals surface area contributed by atoms with Crippen LogP contribution in [0, 0.1) is 5.82 Å². The third kappa shape index (κ3) is 3.30. The Bertz CT molecular complexity index is 688. The van der Waals surface area contributed by atoms with Crippen molar-refractivity contribution in [3.8, 4) is 11.1 Å². The van der Waals surface area contributed by atoms with Gasteiger partial charge in [-0.2, -0.15) is 0 Å². The van der Waals surface area contributed by atoms with Crippen LogP contribution in [-0.2, 0) is 0 Å². The van der Waals surface area contributed by atoms with Gasteiger partial charge < -0.3 is 5.32 Å². The van der Waals surface area contributed by atoms with Crippen molar-refractivity contribution in [2.45, 2.75) is 13.0 Å². The fraction of sp³-hybridized carbons (Fsp3) is 0.200. The fourth-order valence-corrected chi connectivity index (χ4v) is 3.10. The molecule has 0 saturated heterocycles. The maximum Gasteiger partial charge on any atom is 0.131 e. The molecule has 6 heteroatoms. The fourth-order valence-electron chi connectivity index (χ4n) is 1.98. The van der Waals surface area contributed by atoms with E-state index in [1.54, 1.807) is 12.1 Å². The number of hydrogen-bond acceptors (Lipinski definition) is 1. The molecule has 21 heavy (non-hydrogen) atoms. The van der Waals surface area contributed by atoms with Gasteiger partial charge >= 0.3 is 0 Å². The largest absolute Gasteiger partial charge is 0.313 e. The third-order valence-corrected chi connectivity index (χ3v) is 4.87. The van der Waals surface area contributed by atoms with Crippen LogP contribution in [0.4, 0.5) is 4.39 Å². The maximum absolute atomic E-state index is 14.2. The summed E-state index contributed by atoms with van der Waals surface area (Å²) in [6.07, 6.45) is 0. The lowest BCUT2D eigenvalue weighted by Crippen LogP contribution is -2.12. The van der Waals surface area contributed by atoms with Crippen molar-refractivity contribution in [3.05, 3.63) is 55.7 Å². The summed E-state index contributed by atoms with van der Waals surface area (Å²) >= 11 is 24.3. The van der Waals surface area contributed by atoms with Crippen molar-refractivity contribution in [2.24, 2.45) is 0 Å². The van der Waals surface area contributed by atoms with Crippen molar-refractivity contribution < 1.29 is 4.39 Å². The number of hydrogen-bond donors (Lipinski definition) is 1. The number of nitrogens with one attached hydrogen (secondary N) is 1. The molecule has 0 aliphatic carbocycles. The van der Waals surface area contributed by atoms with Crippen molar-refractivity contribution in [1.82, 2.24) is 5.32 Å². The Labute approximate surface area is 143 Å². The molecule has 2 aromatic carbocycles. The van der Waals surface area contributed by atoms with E-state index in [1.165, 1.54) is 12.1 Å². The molecule has 0 aliphatic rings. The van der Waals surface area contributed by atoms with E-state index in [0.29, 0.717) is 11.1 Å². The summed E-state index contributed by atoms with van der Waals surface area (Å²) in [7, 11) is 1.83. The second-order valence-electron chi connectivity index (χ2n) is 4.59. The molecule has 0 fully saturated rings. The molecule has 0 saturated carbocycles. The second-order valence-corrected chi connectivity index (χ2v) is 6.16. The highest BCUT2D eigenvalue weighted by Gasteiger charge is 2.19. The molecule has 2 rings (SSSR count). The highest BCUT2D eigenvalue weighted by Crippen LogP contribution is 2.44. The predicted octanol–water partition coefficient (Wildman–Crippen LogP) is 6.39. The lowest BCUT2D eigenvalue weighted by atomic mass is 9.99. The number of rotatable bonds is 3. The van der Waals surface area contributed by atoms with Crippen molar-refractivity contribution in [3.63, 3.8) is 0 Å². The first-order valence-electron chi connectivity index (χ1n) is 6.16. The number of halogens is 5. The summed E-state index contributed by atoms with van der Waals surface area (Å²) in [4.78, 5) is 0. The normalized spacial score (nSPS) is 12.5. The van der Waals surface area contributed by atoms with Crippen molar-refractivity contribution in [1.29, 1.82) is 0 Å². The van der Waals surface area contributed by atoms with E-state index in [9.17, 15) is 4.39 Å². The van der Waals surface area contributed by atoms with Gasteiger partial charge in [-0.25, -0.2) is 4.39 Å². The molecule has 2 aromatic rings. The minimum Gasteiger partial charge on any atom is -0.313 e. The van der Waals surface area contributed by atoms with Gasteiger partial charge in [0.1, 0.15) is 5.82 Å². The zero-order chi connectivity index (χ0) is 15.7. The van der Waals surface area contributed by atoms with E-state index in [1.807, 2.05) is 14.0 Å². The Morgan fingerprint density at radius 2 is 1.67 bits per heavy atom. The molecule has 0 radical (unpaired) electrons. The molecule has 1 N–H and O–H groups in total. The summed E-state index contributed by atoms with van der Waals surface area (Å²) in [6, 6.07) is 6.31. The topological polar surface area (TPSA) is 12.0 Å². The SMILES string of the molecule is CNC(C)c1ccc(F)c(-c2c(Cl)cc(Cl)c(Cl)c2Cl)c1.